The van der Waals surface area contributed by atoms with E-state index in [2.05, 4.69) is 26.6 Å². The number of hydrogen-bond acceptors (Lipinski definition) is 2. The number of carbonyl (C=O) groups excluding carboxylic acids is 2. The van der Waals surface area contributed by atoms with Gasteiger partial charge in [0.1, 0.15) is 5.82 Å². The third-order valence-corrected chi connectivity index (χ3v) is 4.46. The molecule has 1 fully saturated rings. The van der Waals surface area contributed by atoms with Gasteiger partial charge in [-0.2, -0.15) is 0 Å². The van der Waals surface area contributed by atoms with Crippen LogP contribution in [-0.2, 0) is 11.3 Å². The molecule has 124 valence electrons. The highest BCUT2D eigenvalue weighted by Crippen LogP contribution is 2.30. The van der Waals surface area contributed by atoms with Crippen LogP contribution in [0.4, 0.5) is 10.1 Å². The molecule has 0 spiro atoms. The summed E-state index contributed by atoms with van der Waals surface area (Å²) in [6, 6.07) is 11.3. The number of hydrogen-bond donors (Lipinski definition) is 2. The first-order valence-corrected chi connectivity index (χ1v) is 8.45. The Morgan fingerprint density at radius 3 is 2.71 bits per heavy atom. The molecule has 0 bridgehead atoms. The van der Waals surface area contributed by atoms with Crippen molar-refractivity contribution in [2.75, 3.05) is 5.32 Å². The molecule has 6 heteroatoms. The topological polar surface area (TPSA) is 58.2 Å². The van der Waals surface area contributed by atoms with Crippen LogP contribution in [0.5, 0.6) is 0 Å². The van der Waals surface area contributed by atoms with Crippen LogP contribution >= 0.6 is 15.9 Å². The van der Waals surface area contributed by atoms with Crippen molar-refractivity contribution in [3.63, 3.8) is 0 Å². The maximum Gasteiger partial charge on any atom is 0.252 e. The van der Waals surface area contributed by atoms with Gasteiger partial charge in [0.15, 0.2) is 0 Å². The Morgan fingerprint density at radius 2 is 1.96 bits per heavy atom. The number of nitrogens with one attached hydrogen (secondary N) is 2. The minimum atomic E-state index is -0.465. The highest BCUT2D eigenvalue weighted by Gasteiger charge is 2.29. The van der Waals surface area contributed by atoms with Gasteiger partial charge in [0.05, 0.1) is 5.56 Å². The predicted octanol–water partition coefficient (Wildman–Crippen LogP) is 3.87. The van der Waals surface area contributed by atoms with Crippen LogP contribution in [0.25, 0.3) is 0 Å². The first-order valence-electron chi connectivity index (χ1n) is 7.66. The second kappa shape index (κ2) is 7.13. The molecule has 0 radical (unpaired) electrons. The monoisotopic (exact) mass is 390 g/mol. The number of carbonyl (C=O) groups is 2. The molecule has 0 aliphatic heterocycles. The number of rotatable bonds is 5. The Morgan fingerprint density at radius 1 is 1.17 bits per heavy atom. The Bertz CT molecular complexity index is 790. The number of amides is 2. The van der Waals surface area contributed by atoms with E-state index < -0.39 is 5.82 Å². The standard InChI is InChI=1S/C18H16BrFN2O2/c19-16-7-6-13(20)9-15(16)18(24)21-10-11-2-1-3-14(8-11)22-17(23)12-4-5-12/h1-3,6-9,12H,4-5,10H2,(H,21,24)(H,22,23). The lowest BCUT2D eigenvalue weighted by molar-refractivity contribution is -0.117. The quantitative estimate of drug-likeness (QED) is 0.813. The van der Waals surface area contributed by atoms with Gasteiger partial charge < -0.3 is 10.6 Å². The maximum absolute atomic E-state index is 13.3. The molecule has 24 heavy (non-hydrogen) atoms. The van der Waals surface area contributed by atoms with Crippen molar-refractivity contribution >= 4 is 33.4 Å². The highest BCUT2D eigenvalue weighted by atomic mass is 79.9. The molecule has 0 aromatic heterocycles. The smallest absolute Gasteiger partial charge is 0.252 e. The summed E-state index contributed by atoms with van der Waals surface area (Å²) in [4.78, 5) is 24.0. The first kappa shape index (κ1) is 16.6. The van der Waals surface area contributed by atoms with E-state index in [1.54, 1.807) is 0 Å². The van der Waals surface area contributed by atoms with Gasteiger partial charge in [-0.05, 0) is 64.7 Å². The van der Waals surface area contributed by atoms with Crippen LogP contribution in [0.15, 0.2) is 46.9 Å². The van der Waals surface area contributed by atoms with E-state index in [1.807, 2.05) is 24.3 Å². The molecule has 3 rings (SSSR count). The van der Waals surface area contributed by atoms with Crippen molar-refractivity contribution in [3.8, 4) is 0 Å². The summed E-state index contributed by atoms with van der Waals surface area (Å²) in [5.74, 6) is -0.652. The molecule has 4 nitrogen and oxygen atoms in total. The molecule has 1 aliphatic rings. The second-order valence-electron chi connectivity index (χ2n) is 5.77. The average molecular weight is 391 g/mol. The minimum absolute atomic E-state index is 0.0416. The van der Waals surface area contributed by atoms with E-state index in [9.17, 15) is 14.0 Å². The third kappa shape index (κ3) is 4.20. The molecule has 2 aromatic rings. The lowest BCUT2D eigenvalue weighted by atomic mass is 10.1. The van der Waals surface area contributed by atoms with Gasteiger partial charge >= 0.3 is 0 Å². The molecule has 2 N–H and O–H groups in total. The SMILES string of the molecule is O=C(NCc1cccc(NC(=O)C2CC2)c1)c1cc(F)ccc1Br. The van der Waals surface area contributed by atoms with Gasteiger partial charge in [0.25, 0.3) is 5.91 Å². The van der Waals surface area contributed by atoms with Crippen molar-refractivity contribution in [3.05, 3.63) is 63.9 Å². The van der Waals surface area contributed by atoms with Gasteiger partial charge in [-0.1, -0.05) is 12.1 Å². The van der Waals surface area contributed by atoms with E-state index in [0.29, 0.717) is 10.2 Å². The van der Waals surface area contributed by atoms with Crippen LogP contribution < -0.4 is 10.6 Å². The van der Waals surface area contributed by atoms with Crippen molar-refractivity contribution in [2.24, 2.45) is 5.92 Å². The van der Waals surface area contributed by atoms with Gasteiger partial charge in [-0.15, -0.1) is 0 Å². The van der Waals surface area contributed by atoms with Crippen molar-refractivity contribution in [1.29, 1.82) is 0 Å². The van der Waals surface area contributed by atoms with Crippen molar-refractivity contribution in [1.82, 2.24) is 5.32 Å². The summed E-state index contributed by atoms with van der Waals surface area (Å²) in [6.45, 7) is 0.287. The zero-order valence-corrected chi connectivity index (χ0v) is 14.4. The summed E-state index contributed by atoms with van der Waals surface area (Å²) >= 11 is 3.24. The molecular formula is C18H16BrFN2O2. The molecule has 2 amide bonds. The van der Waals surface area contributed by atoms with E-state index in [1.165, 1.54) is 18.2 Å². The van der Waals surface area contributed by atoms with Crippen LogP contribution in [0.2, 0.25) is 0 Å². The first-order chi connectivity index (χ1) is 11.5. The molecule has 1 saturated carbocycles. The summed E-state index contributed by atoms with van der Waals surface area (Å²) in [5.41, 5.74) is 1.81. The lowest BCUT2D eigenvalue weighted by Gasteiger charge is -2.09. The largest absolute Gasteiger partial charge is 0.348 e. The second-order valence-corrected chi connectivity index (χ2v) is 6.63. The molecule has 0 heterocycles. The normalized spacial score (nSPS) is 13.4. The van der Waals surface area contributed by atoms with E-state index in [0.717, 1.165) is 18.4 Å². The molecule has 0 atom stereocenters. The third-order valence-electron chi connectivity index (χ3n) is 3.77. The summed E-state index contributed by atoms with van der Waals surface area (Å²) < 4.78 is 13.8. The van der Waals surface area contributed by atoms with Crippen LogP contribution in [0.3, 0.4) is 0 Å². The summed E-state index contributed by atoms with van der Waals surface area (Å²) in [6.07, 6.45) is 1.90. The van der Waals surface area contributed by atoms with Crippen molar-refractivity contribution in [2.45, 2.75) is 19.4 Å². The Kier molecular flexibility index (Phi) is 4.94. The van der Waals surface area contributed by atoms with Crippen LogP contribution in [0.1, 0.15) is 28.8 Å². The molecule has 1 aliphatic carbocycles. The maximum atomic E-state index is 13.3. The van der Waals surface area contributed by atoms with E-state index in [4.69, 9.17) is 0 Å². The molecule has 2 aromatic carbocycles. The lowest BCUT2D eigenvalue weighted by Crippen LogP contribution is -2.23. The highest BCUT2D eigenvalue weighted by molar-refractivity contribution is 9.10. The number of anilines is 1. The number of halogens is 2. The van der Waals surface area contributed by atoms with Gasteiger partial charge in [-0.25, -0.2) is 4.39 Å². The minimum Gasteiger partial charge on any atom is -0.348 e. The Hall–Kier alpha value is -2.21. The Balaban J connectivity index is 1.62. The molecule has 0 saturated heterocycles. The zero-order chi connectivity index (χ0) is 17.1. The fourth-order valence-corrected chi connectivity index (χ4v) is 2.72. The predicted molar refractivity (Wildman–Crippen MR) is 93.1 cm³/mol. The summed E-state index contributed by atoms with van der Waals surface area (Å²) in [7, 11) is 0. The fraction of sp³-hybridized carbons (Fsp3) is 0.222. The molecule has 0 unspecified atom stereocenters. The van der Waals surface area contributed by atoms with Gasteiger partial charge in [0, 0.05) is 22.6 Å². The van der Waals surface area contributed by atoms with Crippen LogP contribution in [-0.4, -0.2) is 11.8 Å². The average Bonchev–Trinajstić information content (AvgIpc) is 3.40. The Labute approximate surface area is 147 Å². The van der Waals surface area contributed by atoms with Gasteiger partial charge in [-0.3, -0.25) is 9.59 Å². The van der Waals surface area contributed by atoms with Crippen molar-refractivity contribution < 1.29 is 14.0 Å². The number of benzene rings is 2. The van der Waals surface area contributed by atoms with E-state index in [-0.39, 0.29) is 29.8 Å². The zero-order valence-electron chi connectivity index (χ0n) is 12.8. The fourth-order valence-electron chi connectivity index (χ4n) is 2.30. The van der Waals surface area contributed by atoms with Crippen LogP contribution in [0, 0.1) is 11.7 Å². The van der Waals surface area contributed by atoms with E-state index >= 15 is 0 Å². The summed E-state index contributed by atoms with van der Waals surface area (Å²) in [5, 5.41) is 5.62. The molecular weight excluding hydrogens is 375 g/mol. The van der Waals surface area contributed by atoms with Gasteiger partial charge in [0.2, 0.25) is 5.91 Å².